The van der Waals surface area contributed by atoms with Gasteiger partial charge in [0.1, 0.15) is 21.8 Å². The van der Waals surface area contributed by atoms with Crippen LogP contribution in [0.3, 0.4) is 0 Å². The molecule has 2 fully saturated rings. The first-order valence-corrected chi connectivity index (χ1v) is 14.9. The molecular weight excluding hydrogens is 502 g/mol. The second kappa shape index (κ2) is 14.1. The number of rotatable bonds is 12. The van der Waals surface area contributed by atoms with Gasteiger partial charge in [0, 0.05) is 44.8 Å². The molecule has 0 aliphatic carbocycles. The number of aromatic nitrogens is 1. The average molecular weight is 544 g/mol. The van der Waals surface area contributed by atoms with E-state index in [0.29, 0.717) is 27.9 Å². The third kappa shape index (κ3) is 7.04. The zero-order valence-electron chi connectivity index (χ0n) is 22.8. The largest absolute Gasteiger partial charge is 0.355 e. The highest BCUT2D eigenvalue weighted by Gasteiger charge is 2.33. The number of unbranched alkanes of at least 4 members (excludes halogenated alkanes) is 6. The minimum absolute atomic E-state index is 0.0721. The molecule has 9 heteroatoms. The molecule has 3 rings (SSSR count). The van der Waals surface area contributed by atoms with Crippen LogP contribution in [0, 0.1) is 18.3 Å². The summed E-state index contributed by atoms with van der Waals surface area (Å²) >= 11 is 6.92. The van der Waals surface area contributed by atoms with Crippen LogP contribution in [0.4, 0.5) is 5.82 Å². The molecule has 2 aliphatic rings. The summed E-state index contributed by atoms with van der Waals surface area (Å²) in [6, 6.07) is 2.14. The number of amides is 1. The van der Waals surface area contributed by atoms with Crippen molar-refractivity contribution in [2.75, 3.05) is 44.7 Å². The van der Waals surface area contributed by atoms with Crippen LogP contribution in [-0.4, -0.2) is 64.4 Å². The van der Waals surface area contributed by atoms with E-state index in [2.05, 4.69) is 36.8 Å². The molecule has 1 aromatic heterocycles. The highest BCUT2D eigenvalue weighted by Crippen LogP contribution is 2.36. The van der Waals surface area contributed by atoms with Crippen molar-refractivity contribution in [3.8, 4) is 6.07 Å². The average Bonchev–Trinajstić information content (AvgIpc) is 3.15. The van der Waals surface area contributed by atoms with Crippen LogP contribution >= 0.6 is 24.0 Å². The van der Waals surface area contributed by atoms with E-state index < -0.39 is 0 Å². The highest BCUT2D eigenvalue weighted by molar-refractivity contribution is 8.26. The lowest BCUT2D eigenvalue weighted by Gasteiger charge is -2.36. The van der Waals surface area contributed by atoms with Gasteiger partial charge in [0.25, 0.3) is 11.5 Å². The molecule has 0 atom stereocenters. The first-order chi connectivity index (χ1) is 17.8. The summed E-state index contributed by atoms with van der Waals surface area (Å²) < 4.78 is 2.35. The molecule has 0 aromatic carbocycles. The van der Waals surface area contributed by atoms with E-state index >= 15 is 0 Å². The molecule has 2 saturated heterocycles. The van der Waals surface area contributed by atoms with Crippen molar-refractivity contribution >= 4 is 46.1 Å². The Morgan fingerprint density at radius 3 is 2.27 bits per heavy atom. The van der Waals surface area contributed by atoms with Crippen molar-refractivity contribution in [1.29, 1.82) is 5.26 Å². The normalized spacial score (nSPS) is 17.8. The van der Waals surface area contributed by atoms with Crippen LogP contribution in [0.15, 0.2) is 9.70 Å². The molecule has 1 aromatic rings. The molecule has 0 unspecified atom stereocenters. The van der Waals surface area contributed by atoms with Crippen LogP contribution < -0.4 is 10.5 Å². The number of hydrogen-bond acceptors (Lipinski definition) is 7. The number of pyridine rings is 1. The fraction of sp³-hybridized carbons (Fsp3) is 0.643. The Bertz CT molecular complexity index is 1110. The molecule has 2 aliphatic heterocycles. The van der Waals surface area contributed by atoms with Gasteiger partial charge < -0.3 is 9.80 Å². The van der Waals surface area contributed by atoms with Crippen LogP contribution in [0.5, 0.6) is 0 Å². The monoisotopic (exact) mass is 543 g/mol. The van der Waals surface area contributed by atoms with E-state index in [1.165, 1.54) is 37.4 Å². The number of piperazine rings is 1. The zero-order valence-corrected chi connectivity index (χ0v) is 24.5. The molecule has 0 saturated carbocycles. The summed E-state index contributed by atoms with van der Waals surface area (Å²) in [7, 11) is 2.10. The summed E-state index contributed by atoms with van der Waals surface area (Å²) in [5.74, 6) is 0.751. The van der Waals surface area contributed by atoms with Crippen molar-refractivity contribution in [1.82, 2.24) is 14.4 Å². The predicted molar refractivity (Wildman–Crippen MR) is 158 cm³/mol. The van der Waals surface area contributed by atoms with Gasteiger partial charge in [-0.15, -0.1) is 0 Å². The lowest BCUT2D eigenvalue weighted by atomic mass is 10.0. The van der Waals surface area contributed by atoms with E-state index in [1.807, 2.05) is 13.0 Å². The Labute approximate surface area is 231 Å². The standard InChI is InChI=1S/C28H41N5O2S2/c1-5-7-9-10-11-12-14-33-27(35)24(37-28(33)36)19-22-21(3)23(20-29)26(34)32(13-8-6-2)25(22)31-17-15-30(4)16-18-31/h19H,5-18H2,1-4H3/b24-19+. The molecule has 0 spiro atoms. The number of carbonyl (C=O) groups excluding carboxylic acids is 1. The van der Waals surface area contributed by atoms with Crippen molar-refractivity contribution in [3.05, 3.63) is 31.9 Å². The maximum Gasteiger partial charge on any atom is 0.270 e. The van der Waals surface area contributed by atoms with Gasteiger partial charge in [-0.05, 0) is 38.5 Å². The fourth-order valence-electron chi connectivity index (χ4n) is 4.90. The second-order valence-electron chi connectivity index (χ2n) is 10.1. The van der Waals surface area contributed by atoms with Crippen LogP contribution in [0.2, 0.25) is 0 Å². The number of hydrogen-bond donors (Lipinski definition) is 0. The molecule has 0 radical (unpaired) electrons. The highest BCUT2D eigenvalue weighted by atomic mass is 32.2. The number of nitriles is 1. The van der Waals surface area contributed by atoms with Crippen molar-refractivity contribution < 1.29 is 4.79 Å². The maximum absolute atomic E-state index is 13.4. The molecule has 7 nitrogen and oxygen atoms in total. The molecule has 202 valence electrons. The summed E-state index contributed by atoms with van der Waals surface area (Å²) in [6.07, 6.45) is 10.6. The van der Waals surface area contributed by atoms with Gasteiger partial charge in [-0.25, -0.2) is 0 Å². The minimum Gasteiger partial charge on any atom is -0.355 e. The summed E-state index contributed by atoms with van der Waals surface area (Å²) in [4.78, 5) is 33.6. The molecule has 0 bridgehead atoms. The SMILES string of the molecule is CCCCCCCCN1C(=O)/C(=C\c2c(C)c(C#N)c(=O)n(CCCC)c2N2CCN(C)CC2)SC1=S. The van der Waals surface area contributed by atoms with E-state index in [4.69, 9.17) is 12.2 Å². The van der Waals surface area contributed by atoms with Crippen LogP contribution in [0.25, 0.3) is 6.08 Å². The van der Waals surface area contributed by atoms with Crippen molar-refractivity contribution in [2.24, 2.45) is 0 Å². The number of thioether (sulfide) groups is 1. The van der Waals surface area contributed by atoms with Gasteiger partial charge in [-0.2, -0.15) is 5.26 Å². The van der Waals surface area contributed by atoms with Gasteiger partial charge in [0.15, 0.2) is 0 Å². The minimum atomic E-state index is -0.241. The number of anilines is 1. The smallest absolute Gasteiger partial charge is 0.270 e. The van der Waals surface area contributed by atoms with Crippen LogP contribution in [-0.2, 0) is 11.3 Å². The Morgan fingerprint density at radius 1 is 0.973 bits per heavy atom. The summed E-state index contributed by atoms with van der Waals surface area (Å²) in [5, 5.41) is 9.88. The second-order valence-corrected chi connectivity index (χ2v) is 11.7. The zero-order chi connectivity index (χ0) is 26.9. The number of likely N-dealkylation sites (N-methyl/N-ethyl adjacent to an activating group) is 1. The molecular formula is C28H41N5O2S2. The Hall–Kier alpha value is -2.15. The molecule has 37 heavy (non-hydrogen) atoms. The lowest BCUT2D eigenvalue weighted by Crippen LogP contribution is -2.47. The van der Waals surface area contributed by atoms with Crippen molar-refractivity contribution in [3.63, 3.8) is 0 Å². The quantitative estimate of drug-likeness (QED) is 0.205. The lowest BCUT2D eigenvalue weighted by molar-refractivity contribution is -0.122. The summed E-state index contributed by atoms with van der Waals surface area (Å²) in [6.45, 7) is 10.7. The van der Waals surface area contributed by atoms with E-state index in [9.17, 15) is 14.9 Å². The Morgan fingerprint density at radius 2 is 1.62 bits per heavy atom. The Balaban J connectivity index is 1.98. The van der Waals surface area contributed by atoms with Crippen LogP contribution in [0.1, 0.15) is 81.9 Å². The number of nitrogens with zero attached hydrogens (tertiary/aromatic N) is 5. The van der Waals surface area contributed by atoms with E-state index in [-0.39, 0.29) is 17.0 Å². The third-order valence-electron chi connectivity index (χ3n) is 7.27. The first kappa shape index (κ1) is 29.4. The summed E-state index contributed by atoms with van der Waals surface area (Å²) in [5.41, 5.74) is 1.34. The number of thiocarbonyl (C=S) groups is 1. The van der Waals surface area contributed by atoms with Gasteiger partial charge in [0.2, 0.25) is 0 Å². The first-order valence-electron chi connectivity index (χ1n) is 13.7. The van der Waals surface area contributed by atoms with Crippen molar-refractivity contribution in [2.45, 2.75) is 78.7 Å². The topological polar surface area (TPSA) is 72.6 Å². The maximum atomic E-state index is 13.4. The van der Waals surface area contributed by atoms with E-state index in [1.54, 1.807) is 9.47 Å². The fourth-order valence-corrected chi connectivity index (χ4v) is 6.19. The number of carbonyl (C=O) groups is 1. The van der Waals surface area contributed by atoms with Gasteiger partial charge in [0.05, 0.1) is 4.91 Å². The van der Waals surface area contributed by atoms with E-state index in [0.717, 1.165) is 63.2 Å². The predicted octanol–water partition coefficient (Wildman–Crippen LogP) is 5.14. The molecule has 0 N–H and O–H groups in total. The van der Waals surface area contributed by atoms with Gasteiger partial charge in [-0.1, -0.05) is 76.4 Å². The van der Waals surface area contributed by atoms with Gasteiger partial charge >= 0.3 is 0 Å². The molecule has 3 heterocycles. The van der Waals surface area contributed by atoms with Gasteiger partial charge in [-0.3, -0.25) is 19.1 Å². The Kier molecular flexibility index (Phi) is 11.2. The molecule has 1 amide bonds. The third-order valence-corrected chi connectivity index (χ3v) is 8.65.